The van der Waals surface area contributed by atoms with Gasteiger partial charge in [0.1, 0.15) is 0 Å². The minimum atomic E-state index is -1.08. The van der Waals surface area contributed by atoms with Crippen molar-refractivity contribution in [2.45, 2.75) is 36.2 Å². The molecule has 0 spiro atoms. The molecule has 3 saturated heterocycles. The van der Waals surface area contributed by atoms with Crippen LogP contribution in [0.4, 0.5) is 0 Å². The molecular formula is C10H22NP3. The third-order valence-corrected chi connectivity index (χ3v) is 19.3. The normalized spacial score (nSPS) is 61.3. The van der Waals surface area contributed by atoms with Crippen LogP contribution in [0.3, 0.4) is 0 Å². The van der Waals surface area contributed by atoms with Crippen molar-refractivity contribution in [2.75, 3.05) is 13.3 Å². The van der Waals surface area contributed by atoms with Crippen molar-refractivity contribution in [3.05, 3.63) is 0 Å². The summed E-state index contributed by atoms with van der Waals surface area (Å²) in [4.78, 5) is 0. The zero-order valence-corrected chi connectivity index (χ0v) is 12.2. The van der Waals surface area contributed by atoms with Crippen LogP contribution >= 0.6 is 22.8 Å². The molecule has 0 amide bonds. The molecule has 3 heterocycles. The van der Waals surface area contributed by atoms with Gasteiger partial charge in [-0.15, -0.1) is 0 Å². The van der Waals surface area contributed by atoms with Crippen molar-refractivity contribution in [3.63, 3.8) is 0 Å². The Morgan fingerprint density at radius 2 is 1.57 bits per heavy atom. The van der Waals surface area contributed by atoms with E-state index in [1.165, 1.54) is 6.42 Å². The molecule has 4 atom stereocenters. The van der Waals surface area contributed by atoms with Crippen molar-refractivity contribution in [3.8, 4) is 0 Å². The van der Waals surface area contributed by atoms with Crippen LogP contribution in [-0.2, 0) is 0 Å². The Labute approximate surface area is 89.5 Å². The third-order valence-electron chi connectivity index (χ3n) is 4.80. The van der Waals surface area contributed by atoms with E-state index in [0.717, 1.165) is 17.0 Å². The van der Waals surface area contributed by atoms with E-state index < -0.39 is 22.8 Å². The molecule has 1 saturated carbocycles. The van der Waals surface area contributed by atoms with Crippen LogP contribution in [0.1, 0.15) is 19.3 Å². The van der Waals surface area contributed by atoms with Crippen LogP contribution in [0.2, 0.25) is 0 Å². The van der Waals surface area contributed by atoms with Gasteiger partial charge in [-0.2, -0.15) is 0 Å². The van der Waals surface area contributed by atoms with E-state index in [9.17, 15) is 0 Å². The van der Waals surface area contributed by atoms with Gasteiger partial charge in [-0.3, -0.25) is 0 Å². The van der Waals surface area contributed by atoms with Gasteiger partial charge in [-0.05, 0) is 0 Å². The molecular weight excluding hydrogens is 227 g/mol. The first-order chi connectivity index (χ1) is 6.51. The van der Waals surface area contributed by atoms with Gasteiger partial charge in [-0.25, -0.2) is 0 Å². The molecule has 3 aliphatic heterocycles. The van der Waals surface area contributed by atoms with Crippen LogP contribution < -0.4 is 0 Å². The SMILES string of the molecule is C=[PH]1C2CC3CC(C2)[PH](C)(C)N1[PH]3=C. The fraction of sp³-hybridized carbons (Fsp3) is 0.800. The molecule has 4 rings (SSSR count). The van der Waals surface area contributed by atoms with E-state index in [1.807, 2.05) is 0 Å². The van der Waals surface area contributed by atoms with Gasteiger partial charge in [-0.1, -0.05) is 0 Å². The summed E-state index contributed by atoms with van der Waals surface area (Å²) in [7, 11) is -1.88. The first-order valence-electron chi connectivity index (χ1n) is 5.69. The summed E-state index contributed by atoms with van der Waals surface area (Å²) in [6.45, 7) is 5.17. The van der Waals surface area contributed by atoms with Crippen LogP contribution in [0.25, 0.3) is 0 Å². The molecule has 4 heteroatoms. The monoisotopic (exact) mass is 249 g/mol. The first kappa shape index (κ1) is 10.2. The molecule has 0 aromatic heterocycles. The number of hydrogen-bond acceptors (Lipinski definition) is 1. The molecule has 4 unspecified atom stereocenters. The van der Waals surface area contributed by atoms with E-state index in [-0.39, 0.29) is 0 Å². The zero-order valence-electron chi connectivity index (χ0n) is 9.21. The first-order valence-corrected chi connectivity index (χ1v) is 12.2. The van der Waals surface area contributed by atoms with Crippen LogP contribution in [0.5, 0.6) is 0 Å². The van der Waals surface area contributed by atoms with Gasteiger partial charge >= 0.3 is 89.2 Å². The molecule has 4 bridgehead atoms. The average molecular weight is 249 g/mol. The van der Waals surface area contributed by atoms with Crippen molar-refractivity contribution < 1.29 is 0 Å². The molecule has 0 aromatic carbocycles. The van der Waals surface area contributed by atoms with E-state index in [2.05, 4.69) is 30.1 Å². The van der Waals surface area contributed by atoms with Crippen LogP contribution in [0.15, 0.2) is 0 Å². The minimum absolute atomic E-state index is 0.403. The van der Waals surface area contributed by atoms with Crippen LogP contribution in [-0.4, -0.2) is 47.1 Å². The van der Waals surface area contributed by atoms with Crippen LogP contribution in [0, 0.1) is 0 Å². The Hall–Kier alpha value is 0.990. The Balaban J connectivity index is 2.11. The van der Waals surface area contributed by atoms with E-state index in [0.29, 0.717) is 0 Å². The standard InChI is InChI=1S/C10H22NP3/c1-12-8-5-9-7-10(6-8)14(3,4)11(12)13(9)2/h8-10,12-14H,1-2,5-7H2,3-4H3. The zero-order chi connectivity index (χ0) is 10.1. The van der Waals surface area contributed by atoms with Gasteiger partial charge < -0.3 is 0 Å². The van der Waals surface area contributed by atoms with Crippen molar-refractivity contribution in [1.29, 1.82) is 0 Å². The van der Waals surface area contributed by atoms with Crippen molar-refractivity contribution >= 4 is 35.4 Å². The second kappa shape index (κ2) is 3.01. The van der Waals surface area contributed by atoms with Gasteiger partial charge in [0, 0.05) is 0 Å². The Kier molecular flexibility index (Phi) is 2.19. The molecule has 14 heavy (non-hydrogen) atoms. The molecule has 0 N–H and O–H groups in total. The summed E-state index contributed by atoms with van der Waals surface area (Å²) in [6.07, 6.45) is 13.7. The molecule has 4 aliphatic rings. The fourth-order valence-corrected chi connectivity index (χ4v) is 20.3. The van der Waals surface area contributed by atoms with Gasteiger partial charge in [0.05, 0.1) is 0 Å². The van der Waals surface area contributed by atoms with E-state index >= 15 is 0 Å². The molecule has 82 valence electrons. The summed E-state index contributed by atoms with van der Waals surface area (Å²) in [5, 5.41) is 0. The Morgan fingerprint density at radius 3 is 2.07 bits per heavy atom. The molecule has 0 radical (unpaired) electrons. The van der Waals surface area contributed by atoms with Gasteiger partial charge in [0.25, 0.3) is 0 Å². The topological polar surface area (TPSA) is 3.24 Å². The predicted octanol–water partition coefficient (Wildman–Crippen LogP) is 2.65. The molecule has 4 fully saturated rings. The molecule has 1 aliphatic carbocycles. The summed E-state index contributed by atoms with van der Waals surface area (Å²) < 4.78 is 2.96. The summed E-state index contributed by atoms with van der Waals surface area (Å²) in [5.74, 6) is 0. The maximum atomic E-state index is 4.53. The summed E-state index contributed by atoms with van der Waals surface area (Å²) >= 11 is 0. The van der Waals surface area contributed by atoms with E-state index in [1.54, 1.807) is 12.8 Å². The van der Waals surface area contributed by atoms with Gasteiger partial charge in [0.15, 0.2) is 0 Å². The fourth-order valence-electron chi connectivity index (χ4n) is 3.91. The third kappa shape index (κ3) is 1.11. The number of rotatable bonds is 0. The predicted molar refractivity (Wildman–Crippen MR) is 78.1 cm³/mol. The van der Waals surface area contributed by atoms with Crippen molar-refractivity contribution in [2.24, 2.45) is 0 Å². The van der Waals surface area contributed by atoms with Gasteiger partial charge in [0.2, 0.25) is 0 Å². The Morgan fingerprint density at radius 1 is 1.07 bits per heavy atom. The average Bonchev–Trinajstić information content (AvgIpc) is 2.12. The second-order valence-corrected chi connectivity index (χ2v) is 16.2. The molecule has 0 aromatic rings. The van der Waals surface area contributed by atoms with E-state index in [4.69, 9.17) is 0 Å². The maximum absolute atomic E-state index is 4.53. The Bertz CT molecular complexity index is 312. The number of nitrogens with zero attached hydrogens (tertiary/aromatic N) is 1. The molecule has 1 nitrogen and oxygen atoms in total. The summed E-state index contributed by atoms with van der Waals surface area (Å²) in [6, 6.07) is 0. The summed E-state index contributed by atoms with van der Waals surface area (Å²) in [5.41, 5.74) is 3.15. The quantitative estimate of drug-likeness (QED) is 0.596. The second-order valence-electron chi connectivity index (χ2n) is 5.77. The number of hydrogen-bond donors (Lipinski definition) is 0. The van der Waals surface area contributed by atoms with Crippen molar-refractivity contribution in [1.82, 2.24) is 4.21 Å².